The van der Waals surface area contributed by atoms with Gasteiger partial charge in [0.1, 0.15) is 17.9 Å². The number of hydrogen-bond acceptors (Lipinski definition) is 4. The minimum Gasteiger partial charge on any atom is -0.545 e. The topological polar surface area (TPSA) is 75.2 Å². The Balaban J connectivity index is 0.000000243. The highest BCUT2D eigenvalue weighted by Gasteiger charge is 2.29. The van der Waals surface area contributed by atoms with Gasteiger partial charge in [-0.15, -0.1) is 0 Å². The lowest BCUT2D eigenvalue weighted by Crippen LogP contribution is -2.91. The van der Waals surface area contributed by atoms with Gasteiger partial charge in [-0.2, -0.15) is 0 Å². The molecule has 0 aromatic heterocycles. The molecule has 7 heteroatoms. The second kappa shape index (κ2) is 10.1. The van der Waals surface area contributed by atoms with Gasteiger partial charge in [0.25, 0.3) is 0 Å². The van der Waals surface area contributed by atoms with Crippen LogP contribution in [0.4, 0.5) is 0 Å². The van der Waals surface area contributed by atoms with Crippen LogP contribution in [-0.2, 0) is 4.74 Å². The van der Waals surface area contributed by atoms with Gasteiger partial charge in [0, 0.05) is 0 Å². The van der Waals surface area contributed by atoms with E-state index in [1.807, 2.05) is 0 Å². The van der Waals surface area contributed by atoms with Crippen LogP contribution in [0.3, 0.4) is 0 Å². The molecule has 0 saturated carbocycles. The molecule has 1 aliphatic heterocycles. The van der Waals surface area contributed by atoms with Crippen molar-refractivity contribution >= 4 is 29.2 Å². The van der Waals surface area contributed by atoms with Crippen LogP contribution in [0.1, 0.15) is 43.5 Å². The lowest BCUT2D eigenvalue weighted by Gasteiger charge is -2.31. The zero-order valence-corrected chi connectivity index (χ0v) is 15.9. The molecule has 0 bridgehead atoms. The Morgan fingerprint density at radius 2 is 2.08 bits per heavy atom. The first kappa shape index (κ1) is 21.0. The van der Waals surface area contributed by atoms with E-state index in [0.29, 0.717) is 0 Å². The fraction of sp³-hybridized carbons (Fsp3) is 0.588. The summed E-state index contributed by atoms with van der Waals surface area (Å²) >= 11 is 11.3. The third-order valence-corrected chi connectivity index (χ3v) is 4.49. The summed E-state index contributed by atoms with van der Waals surface area (Å²) in [6.45, 7) is 7.68. The van der Waals surface area contributed by atoms with Crippen molar-refractivity contribution in [3.05, 3.63) is 27.7 Å². The molecule has 2 N–H and O–H groups in total. The van der Waals surface area contributed by atoms with Crippen molar-refractivity contribution in [3.63, 3.8) is 0 Å². The lowest BCUT2D eigenvalue weighted by molar-refractivity contribution is -0.685. The molecular weight excluding hydrogens is 353 g/mol. The van der Waals surface area contributed by atoms with E-state index in [0.717, 1.165) is 19.7 Å². The van der Waals surface area contributed by atoms with Crippen LogP contribution < -0.4 is 15.2 Å². The number of rotatable bonds is 5. The van der Waals surface area contributed by atoms with Crippen LogP contribution in [0.25, 0.3) is 0 Å². The first-order valence-corrected chi connectivity index (χ1v) is 8.79. The minimum atomic E-state index is -1.41. The Bertz CT molecular complexity index is 546. The molecule has 1 aliphatic rings. The predicted molar refractivity (Wildman–Crippen MR) is 92.9 cm³/mol. The molecule has 1 saturated heterocycles. The molecular formula is C17H25Cl2NO4. The average Bonchev–Trinajstić information content (AvgIpc) is 2.56. The van der Waals surface area contributed by atoms with Crippen molar-refractivity contribution in [1.82, 2.24) is 0 Å². The van der Waals surface area contributed by atoms with E-state index < -0.39 is 5.97 Å². The number of nitrogens with two attached hydrogens (primary N) is 1. The van der Waals surface area contributed by atoms with Gasteiger partial charge < -0.3 is 24.7 Å². The molecule has 0 aliphatic carbocycles. The molecule has 0 radical (unpaired) electrons. The van der Waals surface area contributed by atoms with E-state index in [2.05, 4.69) is 19.2 Å². The van der Waals surface area contributed by atoms with Gasteiger partial charge >= 0.3 is 0 Å². The third-order valence-electron chi connectivity index (χ3n) is 3.87. The highest BCUT2D eigenvalue weighted by molar-refractivity contribution is 6.36. The number of morpholine rings is 1. The summed E-state index contributed by atoms with van der Waals surface area (Å²) in [5, 5.41) is 13.2. The summed E-state index contributed by atoms with van der Waals surface area (Å²) in [5.74, 6) is -1.39. The van der Waals surface area contributed by atoms with E-state index in [1.54, 1.807) is 0 Å². The fourth-order valence-electron chi connectivity index (χ4n) is 2.50. The van der Waals surface area contributed by atoms with Crippen molar-refractivity contribution in [3.8, 4) is 5.75 Å². The number of carbonyl (C=O) groups is 1. The maximum Gasteiger partial charge on any atom is 0.147 e. The third kappa shape index (κ3) is 6.13. The molecule has 1 heterocycles. The highest BCUT2D eigenvalue weighted by Crippen LogP contribution is 2.33. The average molecular weight is 378 g/mol. The van der Waals surface area contributed by atoms with Crippen LogP contribution in [0, 0.1) is 0 Å². The van der Waals surface area contributed by atoms with Crippen molar-refractivity contribution in [2.75, 3.05) is 26.8 Å². The van der Waals surface area contributed by atoms with Gasteiger partial charge in [-0.25, -0.2) is 0 Å². The van der Waals surface area contributed by atoms with E-state index in [4.69, 9.17) is 32.7 Å². The SMILES string of the molecule is CCCCC1(C)C[NH2+]CCO1.COc1c(Cl)ccc(Cl)c1C(=O)[O-]. The molecule has 1 unspecified atom stereocenters. The predicted octanol–water partition coefficient (Wildman–Crippen LogP) is 1.89. The number of carboxylic acids is 1. The summed E-state index contributed by atoms with van der Waals surface area (Å²) < 4.78 is 10.5. The number of methoxy groups -OCH3 is 1. The summed E-state index contributed by atoms with van der Waals surface area (Å²) in [4.78, 5) is 10.6. The molecule has 0 spiro atoms. The van der Waals surface area contributed by atoms with Gasteiger partial charge in [-0.05, 0) is 25.5 Å². The van der Waals surface area contributed by atoms with Gasteiger partial charge in [0.15, 0.2) is 0 Å². The number of carboxylic acid groups (broad SMARTS) is 1. The summed E-state index contributed by atoms with van der Waals surface area (Å²) in [7, 11) is 1.31. The number of quaternary nitrogens is 1. The van der Waals surface area contributed by atoms with Crippen molar-refractivity contribution < 1.29 is 24.7 Å². The van der Waals surface area contributed by atoms with E-state index in [9.17, 15) is 9.90 Å². The van der Waals surface area contributed by atoms with Gasteiger partial charge in [-0.3, -0.25) is 0 Å². The second-order valence-electron chi connectivity index (χ2n) is 5.91. The smallest absolute Gasteiger partial charge is 0.147 e. The first-order chi connectivity index (χ1) is 11.3. The number of ether oxygens (including phenoxy) is 2. The Morgan fingerprint density at radius 3 is 2.54 bits per heavy atom. The molecule has 1 aromatic rings. The number of hydrogen-bond donors (Lipinski definition) is 1. The van der Waals surface area contributed by atoms with E-state index >= 15 is 0 Å². The maximum atomic E-state index is 10.6. The lowest BCUT2D eigenvalue weighted by atomic mass is 9.98. The zero-order valence-electron chi connectivity index (χ0n) is 14.4. The Morgan fingerprint density at radius 1 is 1.42 bits per heavy atom. The molecule has 1 aromatic carbocycles. The number of benzene rings is 1. The normalized spacial score (nSPS) is 20.0. The molecule has 136 valence electrons. The number of halogens is 2. The number of unbranched alkanes of at least 4 members (excludes halogenated alkanes) is 1. The zero-order chi connectivity index (χ0) is 18.2. The van der Waals surface area contributed by atoms with Crippen LogP contribution in [0.15, 0.2) is 12.1 Å². The summed E-state index contributed by atoms with van der Waals surface area (Å²) in [6, 6.07) is 2.83. The number of aromatic carboxylic acids is 1. The molecule has 24 heavy (non-hydrogen) atoms. The van der Waals surface area contributed by atoms with Crippen LogP contribution in [0.5, 0.6) is 5.75 Å². The Hall–Kier alpha value is -1.01. The molecule has 5 nitrogen and oxygen atoms in total. The van der Waals surface area contributed by atoms with E-state index in [-0.39, 0.29) is 27.0 Å². The van der Waals surface area contributed by atoms with Crippen molar-refractivity contribution in [2.24, 2.45) is 0 Å². The summed E-state index contributed by atoms with van der Waals surface area (Å²) in [6.07, 6.45) is 3.79. The van der Waals surface area contributed by atoms with Crippen molar-refractivity contribution in [1.29, 1.82) is 0 Å². The van der Waals surface area contributed by atoms with Gasteiger partial charge in [0.2, 0.25) is 0 Å². The van der Waals surface area contributed by atoms with Crippen LogP contribution in [0.2, 0.25) is 10.0 Å². The molecule has 1 atom stereocenters. The minimum absolute atomic E-state index is 0.0224. The largest absolute Gasteiger partial charge is 0.545 e. The molecule has 0 amide bonds. The Kier molecular flexibility index (Phi) is 8.84. The second-order valence-corrected chi connectivity index (χ2v) is 6.72. The molecule has 1 fully saturated rings. The van der Waals surface area contributed by atoms with Crippen LogP contribution >= 0.6 is 23.2 Å². The monoisotopic (exact) mass is 377 g/mol. The van der Waals surface area contributed by atoms with E-state index in [1.165, 1.54) is 38.5 Å². The van der Waals surface area contributed by atoms with Gasteiger partial charge in [0.05, 0.1) is 41.8 Å². The highest BCUT2D eigenvalue weighted by atomic mass is 35.5. The van der Waals surface area contributed by atoms with Gasteiger partial charge in [-0.1, -0.05) is 43.0 Å². The van der Waals surface area contributed by atoms with Crippen LogP contribution in [-0.4, -0.2) is 38.4 Å². The van der Waals surface area contributed by atoms with Crippen molar-refractivity contribution in [2.45, 2.75) is 38.7 Å². The molecule has 2 rings (SSSR count). The Labute approximate surface area is 153 Å². The maximum absolute atomic E-state index is 10.6. The standard InChI is InChI=1S/C9H19NO.C8H6Cl2O3/c1-3-4-5-9(2)8-10-6-7-11-9;1-13-7-5(10)3-2-4(9)6(7)8(11)12/h10H,3-8H2,1-2H3;2-3H,1H3,(H,11,12). The number of carbonyl (C=O) groups excluding carboxylic acids is 1. The fourth-order valence-corrected chi connectivity index (χ4v) is 2.96. The quantitative estimate of drug-likeness (QED) is 0.849. The first-order valence-electron chi connectivity index (χ1n) is 8.03. The summed E-state index contributed by atoms with van der Waals surface area (Å²) in [5.41, 5.74) is -0.0504.